The van der Waals surface area contributed by atoms with Crippen LogP contribution in [0.4, 0.5) is 10.5 Å². The summed E-state index contributed by atoms with van der Waals surface area (Å²) in [5, 5.41) is 23.9. The van der Waals surface area contributed by atoms with E-state index in [1.807, 2.05) is 0 Å². The summed E-state index contributed by atoms with van der Waals surface area (Å²) >= 11 is 0. The number of furan rings is 1. The first kappa shape index (κ1) is 21.2. The molecule has 3 rings (SSSR count). The van der Waals surface area contributed by atoms with E-state index >= 15 is 0 Å². The van der Waals surface area contributed by atoms with Crippen molar-refractivity contribution in [1.82, 2.24) is 9.91 Å². The fraction of sp³-hybridized carbons (Fsp3) is 0.167. The lowest BCUT2D eigenvalue weighted by molar-refractivity contribution is -0.384. The second-order valence-electron chi connectivity index (χ2n) is 6.13. The number of hydrazone groups is 1. The first-order valence-corrected chi connectivity index (χ1v) is 8.62. The highest BCUT2D eigenvalue weighted by molar-refractivity contribution is 6.02. The number of carboxylic acids is 1. The highest BCUT2D eigenvalue weighted by Gasteiger charge is 2.37. The van der Waals surface area contributed by atoms with Gasteiger partial charge in [-0.05, 0) is 24.3 Å². The molecule has 0 saturated carbocycles. The van der Waals surface area contributed by atoms with Gasteiger partial charge in [0, 0.05) is 17.7 Å². The van der Waals surface area contributed by atoms with Crippen LogP contribution in [0.5, 0.6) is 0 Å². The second-order valence-corrected chi connectivity index (χ2v) is 6.13. The van der Waals surface area contributed by atoms with Gasteiger partial charge in [-0.3, -0.25) is 24.5 Å². The van der Waals surface area contributed by atoms with Crippen molar-refractivity contribution < 1.29 is 38.4 Å². The Balaban J connectivity index is 1.61. The summed E-state index contributed by atoms with van der Waals surface area (Å²) in [7, 11) is 0. The number of aliphatic carboxylic acids is 1. The Kier molecular flexibility index (Phi) is 6.05. The number of non-ortho nitro benzene ring substituents is 1. The number of carbonyl (C=O) groups excluding carboxylic acids is 3. The summed E-state index contributed by atoms with van der Waals surface area (Å²) in [5.41, 5.74) is 0.527. The number of hydrogen-bond donors (Lipinski definition) is 1. The molecular weight excluding hydrogens is 416 g/mol. The number of carbonyl (C=O) groups is 4. The summed E-state index contributed by atoms with van der Waals surface area (Å²) in [4.78, 5) is 56.6. The molecule has 31 heavy (non-hydrogen) atoms. The lowest BCUT2D eigenvalue weighted by atomic mass is 10.1. The number of nitro groups is 1. The van der Waals surface area contributed by atoms with Gasteiger partial charge in [-0.2, -0.15) is 5.10 Å². The number of hydrogen-bond acceptors (Lipinski definition) is 9. The molecule has 0 radical (unpaired) electrons. The van der Waals surface area contributed by atoms with Gasteiger partial charge >= 0.3 is 18.0 Å². The van der Waals surface area contributed by atoms with Crippen LogP contribution >= 0.6 is 0 Å². The van der Waals surface area contributed by atoms with Gasteiger partial charge in [0.15, 0.2) is 6.73 Å². The third kappa shape index (κ3) is 5.09. The van der Waals surface area contributed by atoms with Crippen LogP contribution in [-0.4, -0.2) is 63.3 Å². The number of amides is 3. The molecule has 0 aliphatic carbocycles. The van der Waals surface area contributed by atoms with Gasteiger partial charge in [0.25, 0.3) is 11.6 Å². The van der Waals surface area contributed by atoms with Crippen LogP contribution in [-0.2, 0) is 19.1 Å². The van der Waals surface area contributed by atoms with Crippen molar-refractivity contribution in [3.8, 4) is 11.3 Å². The predicted octanol–water partition coefficient (Wildman–Crippen LogP) is 1.43. The Morgan fingerprint density at radius 3 is 2.58 bits per heavy atom. The number of benzene rings is 1. The number of rotatable bonds is 8. The topological polar surface area (TPSA) is 173 Å². The Morgan fingerprint density at radius 1 is 1.23 bits per heavy atom. The average Bonchev–Trinajstić information content (AvgIpc) is 3.29. The van der Waals surface area contributed by atoms with E-state index in [4.69, 9.17) is 9.52 Å². The van der Waals surface area contributed by atoms with Gasteiger partial charge < -0.3 is 14.3 Å². The van der Waals surface area contributed by atoms with E-state index in [0.717, 1.165) is 5.01 Å². The highest BCUT2D eigenvalue weighted by atomic mass is 16.6. The molecule has 160 valence electrons. The minimum absolute atomic E-state index is 0.0625. The van der Waals surface area contributed by atoms with Gasteiger partial charge in [0.1, 0.15) is 24.5 Å². The molecule has 13 heteroatoms. The normalized spacial score (nSPS) is 13.8. The standard InChI is InChI=1S/C18H14N4O9/c23-15-9-21(18(27)20(15)10-30-17(26)7-16(24)25)19-8-13-5-6-14(31-13)11-1-3-12(4-2-11)22(28)29/h1-6,8H,7,9-10H2,(H,24,25)/b19-8+. The van der Waals surface area contributed by atoms with Gasteiger partial charge in [-0.1, -0.05) is 0 Å². The second kappa shape index (κ2) is 8.86. The van der Waals surface area contributed by atoms with Crippen LogP contribution in [0.25, 0.3) is 11.3 Å². The van der Waals surface area contributed by atoms with Gasteiger partial charge in [-0.15, -0.1) is 0 Å². The molecule has 1 aromatic heterocycles. The number of urea groups is 1. The molecule has 1 fully saturated rings. The predicted molar refractivity (Wildman–Crippen MR) is 101 cm³/mol. The number of esters is 1. The van der Waals surface area contributed by atoms with E-state index in [1.165, 1.54) is 30.5 Å². The van der Waals surface area contributed by atoms with Crippen molar-refractivity contribution in [2.24, 2.45) is 5.10 Å². The Hall–Kier alpha value is -4.55. The minimum atomic E-state index is -1.40. The van der Waals surface area contributed by atoms with Gasteiger partial charge in [0.2, 0.25) is 0 Å². The summed E-state index contributed by atoms with van der Waals surface area (Å²) in [6.07, 6.45) is 0.299. The molecule has 0 unspecified atom stereocenters. The van der Waals surface area contributed by atoms with Crippen molar-refractivity contribution >= 4 is 35.8 Å². The lowest BCUT2D eigenvalue weighted by Gasteiger charge is -2.13. The van der Waals surface area contributed by atoms with Crippen LogP contribution in [0.3, 0.4) is 0 Å². The molecule has 1 aliphatic rings. The molecule has 1 N–H and O–H groups in total. The first-order chi connectivity index (χ1) is 14.7. The summed E-state index contributed by atoms with van der Waals surface area (Å²) < 4.78 is 10.1. The van der Waals surface area contributed by atoms with Crippen LogP contribution in [0.15, 0.2) is 45.9 Å². The maximum absolute atomic E-state index is 12.2. The Bertz CT molecular complexity index is 1070. The van der Waals surface area contributed by atoms with Crippen LogP contribution in [0.2, 0.25) is 0 Å². The molecule has 3 amide bonds. The molecule has 2 aromatic rings. The van der Waals surface area contributed by atoms with Crippen LogP contribution in [0.1, 0.15) is 12.2 Å². The summed E-state index contributed by atoms with van der Waals surface area (Å²) in [6.45, 7) is -1.12. The minimum Gasteiger partial charge on any atom is -0.481 e. The van der Waals surface area contributed by atoms with E-state index in [1.54, 1.807) is 12.1 Å². The van der Waals surface area contributed by atoms with Crippen molar-refractivity contribution in [1.29, 1.82) is 0 Å². The van der Waals surface area contributed by atoms with Crippen molar-refractivity contribution in [3.63, 3.8) is 0 Å². The maximum atomic E-state index is 12.2. The highest BCUT2D eigenvalue weighted by Crippen LogP contribution is 2.24. The fourth-order valence-electron chi connectivity index (χ4n) is 2.51. The molecule has 0 atom stereocenters. The Morgan fingerprint density at radius 2 is 1.94 bits per heavy atom. The molecule has 1 aromatic carbocycles. The van der Waals surface area contributed by atoms with Crippen molar-refractivity contribution in [2.75, 3.05) is 13.3 Å². The van der Waals surface area contributed by atoms with Crippen LogP contribution < -0.4 is 0 Å². The zero-order valence-corrected chi connectivity index (χ0v) is 15.7. The van der Waals surface area contributed by atoms with E-state index < -0.39 is 48.5 Å². The van der Waals surface area contributed by atoms with Gasteiger partial charge in [-0.25, -0.2) is 14.7 Å². The van der Waals surface area contributed by atoms with E-state index in [9.17, 15) is 29.3 Å². The lowest BCUT2D eigenvalue weighted by Crippen LogP contribution is -2.34. The van der Waals surface area contributed by atoms with E-state index in [2.05, 4.69) is 9.84 Å². The number of carboxylic acid groups (broad SMARTS) is 1. The Labute approximate surface area is 173 Å². The van der Waals surface area contributed by atoms with Crippen molar-refractivity contribution in [2.45, 2.75) is 6.42 Å². The first-order valence-electron chi connectivity index (χ1n) is 8.62. The molecule has 13 nitrogen and oxygen atoms in total. The van der Waals surface area contributed by atoms with Crippen LogP contribution in [0, 0.1) is 10.1 Å². The molecule has 2 heterocycles. The summed E-state index contributed by atoms with van der Waals surface area (Å²) in [5.74, 6) is -2.52. The summed E-state index contributed by atoms with van der Waals surface area (Å²) in [6, 6.07) is 8.00. The fourth-order valence-corrected chi connectivity index (χ4v) is 2.51. The average molecular weight is 430 g/mol. The zero-order chi connectivity index (χ0) is 22.5. The third-order valence-electron chi connectivity index (χ3n) is 4.00. The largest absolute Gasteiger partial charge is 0.481 e. The number of nitrogens with zero attached hydrogens (tertiary/aromatic N) is 4. The molecule has 1 aliphatic heterocycles. The van der Waals surface area contributed by atoms with E-state index in [0.29, 0.717) is 16.2 Å². The zero-order valence-electron chi connectivity index (χ0n) is 15.7. The number of ether oxygens (including phenoxy) is 1. The monoisotopic (exact) mass is 430 g/mol. The quantitative estimate of drug-likeness (QED) is 0.162. The third-order valence-corrected chi connectivity index (χ3v) is 4.00. The maximum Gasteiger partial charge on any atom is 0.350 e. The van der Waals surface area contributed by atoms with E-state index in [-0.39, 0.29) is 11.4 Å². The smallest absolute Gasteiger partial charge is 0.350 e. The number of nitro benzene ring substituents is 1. The molecular formula is C18H14N4O9. The molecule has 1 saturated heterocycles. The van der Waals surface area contributed by atoms with Crippen molar-refractivity contribution in [3.05, 3.63) is 52.3 Å². The number of imide groups is 1. The molecule has 0 spiro atoms. The SMILES string of the molecule is O=C(O)CC(=O)OCN1C(=O)CN(/N=C/c2ccc(-c3ccc([N+](=O)[O-])cc3)o2)C1=O. The molecule has 0 bridgehead atoms. The van der Waals surface area contributed by atoms with Gasteiger partial charge in [0.05, 0.1) is 11.1 Å².